The SMILES string of the molecule is CCNc1ncc(CN2C[C@@H](Cc3ccnc4ccccc34)[C@@H](O)C2)cn1. The van der Waals surface area contributed by atoms with Gasteiger partial charge in [-0.2, -0.15) is 0 Å². The standard InChI is InChI=1S/C21H25N5O/c1-2-22-21-24-10-15(11-25-21)12-26-13-17(20(27)14-26)9-16-7-8-23-19-6-4-3-5-18(16)19/h3-8,10-11,17,20,27H,2,9,12-14H2,1H3,(H,22,24,25)/t17-,20+/m1/s1. The molecule has 6 heteroatoms. The van der Waals surface area contributed by atoms with Crippen molar-refractivity contribution < 1.29 is 5.11 Å². The Kier molecular flexibility index (Phi) is 5.27. The van der Waals surface area contributed by atoms with Crippen molar-refractivity contribution in [3.63, 3.8) is 0 Å². The Morgan fingerprint density at radius 3 is 2.74 bits per heavy atom. The second-order valence-corrected chi connectivity index (χ2v) is 7.16. The lowest BCUT2D eigenvalue weighted by molar-refractivity contribution is 0.141. The average molecular weight is 363 g/mol. The summed E-state index contributed by atoms with van der Waals surface area (Å²) in [7, 11) is 0. The number of hydrogen-bond donors (Lipinski definition) is 2. The van der Waals surface area contributed by atoms with Crippen LogP contribution < -0.4 is 5.32 Å². The first-order chi connectivity index (χ1) is 13.2. The first-order valence-corrected chi connectivity index (χ1v) is 9.50. The van der Waals surface area contributed by atoms with Crippen LogP contribution in [0.2, 0.25) is 0 Å². The molecule has 140 valence electrons. The fourth-order valence-corrected chi connectivity index (χ4v) is 3.83. The number of hydrogen-bond acceptors (Lipinski definition) is 6. The maximum Gasteiger partial charge on any atom is 0.222 e. The number of benzene rings is 1. The van der Waals surface area contributed by atoms with Crippen molar-refractivity contribution in [2.45, 2.75) is 26.0 Å². The maximum atomic E-state index is 10.6. The summed E-state index contributed by atoms with van der Waals surface area (Å²) in [6.07, 6.45) is 6.12. The van der Waals surface area contributed by atoms with Gasteiger partial charge in [-0.15, -0.1) is 0 Å². The predicted molar refractivity (Wildman–Crippen MR) is 106 cm³/mol. The third-order valence-corrected chi connectivity index (χ3v) is 5.15. The first-order valence-electron chi connectivity index (χ1n) is 9.50. The van der Waals surface area contributed by atoms with Gasteiger partial charge in [0.15, 0.2) is 0 Å². The molecule has 0 saturated carbocycles. The van der Waals surface area contributed by atoms with E-state index in [1.54, 1.807) is 0 Å². The van der Waals surface area contributed by atoms with Gasteiger partial charge in [0.05, 0.1) is 11.6 Å². The van der Waals surface area contributed by atoms with Crippen molar-refractivity contribution in [3.05, 3.63) is 60.0 Å². The third-order valence-electron chi connectivity index (χ3n) is 5.15. The molecule has 0 aliphatic carbocycles. The second kappa shape index (κ2) is 7.98. The number of para-hydroxylation sites is 1. The Hall–Kier alpha value is -2.57. The van der Waals surface area contributed by atoms with Crippen molar-refractivity contribution >= 4 is 16.9 Å². The topological polar surface area (TPSA) is 74.2 Å². The van der Waals surface area contributed by atoms with Gasteiger partial charge in [-0.3, -0.25) is 9.88 Å². The molecule has 1 aromatic carbocycles. The summed E-state index contributed by atoms with van der Waals surface area (Å²) in [5, 5.41) is 14.9. The molecular weight excluding hydrogens is 338 g/mol. The highest BCUT2D eigenvalue weighted by Crippen LogP contribution is 2.26. The molecule has 0 spiro atoms. The molecule has 2 atom stereocenters. The largest absolute Gasteiger partial charge is 0.391 e. The lowest BCUT2D eigenvalue weighted by Crippen LogP contribution is -2.21. The van der Waals surface area contributed by atoms with Gasteiger partial charge in [-0.25, -0.2) is 9.97 Å². The van der Waals surface area contributed by atoms with Crippen LogP contribution in [-0.2, 0) is 13.0 Å². The number of aromatic nitrogens is 3. The van der Waals surface area contributed by atoms with Gasteiger partial charge in [0.25, 0.3) is 0 Å². The minimum absolute atomic E-state index is 0.220. The van der Waals surface area contributed by atoms with E-state index in [1.165, 1.54) is 10.9 Å². The molecule has 1 aliphatic rings. The lowest BCUT2D eigenvalue weighted by Gasteiger charge is -2.16. The molecule has 3 heterocycles. The number of β-amino-alcohol motifs (C(OH)–C–C–N with tert-alkyl or cyclic N) is 1. The Balaban J connectivity index is 1.42. The van der Waals surface area contributed by atoms with E-state index in [4.69, 9.17) is 0 Å². The molecule has 6 nitrogen and oxygen atoms in total. The number of nitrogens with one attached hydrogen (secondary N) is 1. The first kappa shape index (κ1) is 17.8. The molecule has 1 fully saturated rings. The van der Waals surface area contributed by atoms with E-state index in [0.717, 1.165) is 37.1 Å². The molecule has 0 radical (unpaired) electrons. The van der Waals surface area contributed by atoms with E-state index in [2.05, 4.69) is 37.3 Å². The molecule has 0 amide bonds. The van der Waals surface area contributed by atoms with Crippen LogP contribution in [0.1, 0.15) is 18.1 Å². The van der Waals surface area contributed by atoms with Crippen LogP contribution in [-0.4, -0.2) is 50.7 Å². The number of pyridine rings is 1. The smallest absolute Gasteiger partial charge is 0.222 e. The van der Waals surface area contributed by atoms with E-state index in [1.807, 2.05) is 43.7 Å². The predicted octanol–water partition coefficient (Wildman–Crippen LogP) is 2.49. The fourth-order valence-electron chi connectivity index (χ4n) is 3.83. The monoisotopic (exact) mass is 363 g/mol. The highest BCUT2D eigenvalue weighted by molar-refractivity contribution is 5.81. The maximum absolute atomic E-state index is 10.6. The number of rotatable bonds is 6. The van der Waals surface area contributed by atoms with Gasteiger partial charge in [-0.1, -0.05) is 18.2 Å². The van der Waals surface area contributed by atoms with E-state index < -0.39 is 0 Å². The Morgan fingerprint density at radius 2 is 1.93 bits per heavy atom. The minimum atomic E-state index is -0.320. The number of aliphatic hydroxyl groups excluding tert-OH is 1. The van der Waals surface area contributed by atoms with Crippen LogP contribution in [0.5, 0.6) is 0 Å². The Morgan fingerprint density at radius 1 is 1.11 bits per heavy atom. The zero-order valence-corrected chi connectivity index (χ0v) is 15.5. The highest BCUT2D eigenvalue weighted by Gasteiger charge is 2.31. The highest BCUT2D eigenvalue weighted by atomic mass is 16.3. The zero-order valence-electron chi connectivity index (χ0n) is 15.5. The minimum Gasteiger partial charge on any atom is -0.391 e. The number of anilines is 1. The molecule has 2 aromatic heterocycles. The zero-order chi connectivity index (χ0) is 18.6. The van der Waals surface area contributed by atoms with Crippen molar-refractivity contribution in [2.75, 3.05) is 25.0 Å². The van der Waals surface area contributed by atoms with Gasteiger partial charge in [0, 0.05) is 61.6 Å². The van der Waals surface area contributed by atoms with Crippen LogP contribution in [0.3, 0.4) is 0 Å². The number of likely N-dealkylation sites (tertiary alicyclic amines) is 1. The summed E-state index contributed by atoms with van der Waals surface area (Å²) in [5.41, 5.74) is 3.33. The number of aliphatic hydroxyl groups is 1. The summed E-state index contributed by atoms with van der Waals surface area (Å²) in [6.45, 7) is 5.14. The number of fused-ring (bicyclic) bond motifs is 1. The van der Waals surface area contributed by atoms with Crippen molar-refractivity contribution in [1.29, 1.82) is 0 Å². The van der Waals surface area contributed by atoms with Crippen LogP contribution in [0.15, 0.2) is 48.9 Å². The van der Waals surface area contributed by atoms with E-state index >= 15 is 0 Å². The van der Waals surface area contributed by atoms with Gasteiger partial charge < -0.3 is 10.4 Å². The van der Waals surface area contributed by atoms with Crippen molar-refractivity contribution in [1.82, 2.24) is 19.9 Å². The van der Waals surface area contributed by atoms with Crippen LogP contribution in [0, 0.1) is 5.92 Å². The summed E-state index contributed by atoms with van der Waals surface area (Å²) in [5.74, 6) is 0.878. The van der Waals surface area contributed by atoms with Crippen molar-refractivity contribution in [2.24, 2.45) is 5.92 Å². The summed E-state index contributed by atoms with van der Waals surface area (Å²) >= 11 is 0. The summed E-state index contributed by atoms with van der Waals surface area (Å²) in [6, 6.07) is 10.3. The summed E-state index contributed by atoms with van der Waals surface area (Å²) < 4.78 is 0. The third kappa shape index (κ3) is 4.07. The Bertz CT molecular complexity index is 893. The molecular formula is C21H25N5O. The van der Waals surface area contributed by atoms with Crippen LogP contribution in [0.4, 0.5) is 5.95 Å². The normalized spacial score (nSPS) is 20.2. The van der Waals surface area contributed by atoms with Crippen molar-refractivity contribution in [3.8, 4) is 0 Å². The van der Waals surface area contributed by atoms with Crippen LogP contribution in [0.25, 0.3) is 10.9 Å². The second-order valence-electron chi connectivity index (χ2n) is 7.16. The quantitative estimate of drug-likeness (QED) is 0.701. The summed E-state index contributed by atoms with van der Waals surface area (Å²) in [4.78, 5) is 15.4. The molecule has 1 aliphatic heterocycles. The molecule has 27 heavy (non-hydrogen) atoms. The molecule has 0 unspecified atom stereocenters. The molecule has 2 N–H and O–H groups in total. The molecule has 4 rings (SSSR count). The van der Waals surface area contributed by atoms with E-state index in [0.29, 0.717) is 12.5 Å². The number of nitrogens with zero attached hydrogens (tertiary/aromatic N) is 4. The molecule has 1 saturated heterocycles. The van der Waals surface area contributed by atoms with Gasteiger partial charge in [0.1, 0.15) is 0 Å². The van der Waals surface area contributed by atoms with Gasteiger partial charge in [-0.05, 0) is 31.0 Å². The van der Waals surface area contributed by atoms with E-state index in [-0.39, 0.29) is 12.0 Å². The lowest BCUT2D eigenvalue weighted by atomic mass is 9.94. The average Bonchev–Trinajstić information content (AvgIpc) is 3.03. The molecule has 0 bridgehead atoms. The fraction of sp³-hybridized carbons (Fsp3) is 0.381. The van der Waals surface area contributed by atoms with E-state index in [9.17, 15) is 5.11 Å². The van der Waals surface area contributed by atoms with Gasteiger partial charge in [0.2, 0.25) is 5.95 Å². The van der Waals surface area contributed by atoms with Crippen LogP contribution >= 0.6 is 0 Å². The Labute approximate surface area is 159 Å². The van der Waals surface area contributed by atoms with Gasteiger partial charge >= 0.3 is 0 Å². The molecule has 3 aromatic rings.